The van der Waals surface area contributed by atoms with Gasteiger partial charge in [0.15, 0.2) is 0 Å². The van der Waals surface area contributed by atoms with Crippen LogP contribution in [0, 0.1) is 11.3 Å². The van der Waals surface area contributed by atoms with Crippen LogP contribution in [-0.4, -0.2) is 46.6 Å². The van der Waals surface area contributed by atoms with Gasteiger partial charge in [0.25, 0.3) is 5.91 Å². The Kier molecular flexibility index (Phi) is 7.25. The number of pyridine rings is 1. The average molecular weight is 483 g/mol. The molecule has 9 nitrogen and oxygen atoms in total. The van der Waals surface area contributed by atoms with Gasteiger partial charge in [-0.3, -0.25) is 14.5 Å². The zero-order valence-electron chi connectivity index (χ0n) is 20.4. The molecule has 36 heavy (non-hydrogen) atoms. The molecule has 0 aliphatic heterocycles. The first-order chi connectivity index (χ1) is 17.4. The van der Waals surface area contributed by atoms with Crippen LogP contribution in [0.2, 0.25) is 0 Å². The van der Waals surface area contributed by atoms with Crippen molar-refractivity contribution in [1.29, 1.82) is 5.26 Å². The third kappa shape index (κ3) is 5.18. The molecular formula is C27H26N6O3. The van der Waals surface area contributed by atoms with Crippen molar-refractivity contribution in [2.75, 3.05) is 30.0 Å². The van der Waals surface area contributed by atoms with Crippen LogP contribution in [0.3, 0.4) is 0 Å². The number of carbonyl (C=O) groups excluding carboxylic acids is 2. The summed E-state index contributed by atoms with van der Waals surface area (Å²) in [5, 5.41) is 9.02. The van der Waals surface area contributed by atoms with E-state index >= 15 is 0 Å². The quantitative estimate of drug-likeness (QED) is 0.353. The monoisotopic (exact) mass is 482 g/mol. The lowest BCUT2D eigenvalue weighted by molar-refractivity contribution is -0.141. The van der Waals surface area contributed by atoms with Gasteiger partial charge in [0.1, 0.15) is 18.2 Å². The lowest BCUT2D eigenvalue weighted by Gasteiger charge is -2.20. The molecule has 2 heterocycles. The zero-order chi connectivity index (χ0) is 25.7. The molecule has 0 spiro atoms. The topological polar surface area (TPSA) is 104 Å². The molecule has 0 N–H and O–H groups in total. The van der Waals surface area contributed by atoms with Crippen LogP contribution >= 0.6 is 0 Å². The highest BCUT2D eigenvalue weighted by atomic mass is 16.5. The second kappa shape index (κ2) is 10.7. The number of carbonyl (C=O) groups is 2. The van der Waals surface area contributed by atoms with Crippen LogP contribution < -0.4 is 9.80 Å². The van der Waals surface area contributed by atoms with E-state index in [1.54, 1.807) is 55.6 Å². The van der Waals surface area contributed by atoms with E-state index in [-0.39, 0.29) is 19.1 Å². The Balaban J connectivity index is 1.61. The zero-order valence-corrected chi connectivity index (χ0v) is 20.4. The molecule has 9 heteroatoms. The van der Waals surface area contributed by atoms with Crippen LogP contribution in [-0.2, 0) is 23.1 Å². The fraction of sp³-hybridized carbons (Fsp3) is 0.222. The molecule has 0 unspecified atom stereocenters. The number of rotatable bonds is 8. The molecule has 1 amide bonds. The normalized spacial score (nSPS) is 10.6. The first kappa shape index (κ1) is 24.4. The summed E-state index contributed by atoms with van der Waals surface area (Å²) in [6.07, 6.45) is 1.57. The molecule has 0 aliphatic carbocycles. The van der Waals surface area contributed by atoms with Gasteiger partial charge in [-0.05, 0) is 61.5 Å². The van der Waals surface area contributed by atoms with E-state index in [1.807, 2.05) is 41.8 Å². The Morgan fingerprint density at radius 2 is 1.89 bits per heavy atom. The first-order valence-corrected chi connectivity index (χ1v) is 11.5. The number of nitrogens with zero attached hydrogens (tertiary/aromatic N) is 6. The number of hydrogen-bond acceptors (Lipinski definition) is 7. The highest BCUT2D eigenvalue weighted by Gasteiger charge is 2.23. The summed E-state index contributed by atoms with van der Waals surface area (Å²) in [5.74, 6) is 0.296. The average Bonchev–Trinajstić information content (AvgIpc) is 3.21. The third-order valence-electron chi connectivity index (χ3n) is 5.80. The highest BCUT2D eigenvalue weighted by Crippen LogP contribution is 2.22. The number of benzene rings is 2. The number of esters is 1. The van der Waals surface area contributed by atoms with Gasteiger partial charge in [-0.2, -0.15) is 5.26 Å². The van der Waals surface area contributed by atoms with Crippen molar-refractivity contribution in [3.63, 3.8) is 0 Å². The summed E-state index contributed by atoms with van der Waals surface area (Å²) in [6, 6.07) is 19.9. The smallest absolute Gasteiger partial charge is 0.326 e. The van der Waals surface area contributed by atoms with Crippen LogP contribution in [0.15, 0.2) is 66.9 Å². The number of anilines is 2. The van der Waals surface area contributed by atoms with E-state index < -0.39 is 5.97 Å². The summed E-state index contributed by atoms with van der Waals surface area (Å²) in [6.45, 7) is 2.23. The number of amides is 1. The third-order valence-corrected chi connectivity index (χ3v) is 5.80. The van der Waals surface area contributed by atoms with E-state index in [0.717, 1.165) is 17.0 Å². The minimum atomic E-state index is -0.511. The number of imidazole rings is 1. The summed E-state index contributed by atoms with van der Waals surface area (Å²) in [4.78, 5) is 38.0. The van der Waals surface area contributed by atoms with E-state index in [2.05, 4.69) is 11.1 Å². The predicted molar refractivity (Wildman–Crippen MR) is 137 cm³/mol. The Labute approximate surface area is 209 Å². The molecule has 0 bridgehead atoms. The standard InChI is InChI=1S/C27H26N6O3/c1-4-36-26(34)18-33(24-7-5-6-14-29-24)27(35)20-10-13-23-22(15-20)30-25(32(23)3)17-31(2)21-11-8-19(16-28)9-12-21/h5-15H,4,17-18H2,1-3H3. The van der Waals surface area contributed by atoms with Crippen molar-refractivity contribution in [1.82, 2.24) is 14.5 Å². The second-order valence-electron chi connectivity index (χ2n) is 8.19. The van der Waals surface area contributed by atoms with Gasteiger partial charge >= 0.3 is 5.97 Å². The molecule has 4 aromatic rings. The van der Waals surface area contributed by atoms with Crippen molar-refractivity contribution in [3.05, 3.63) is 83.8 Å². The van der Waals surface area contributed by atoms with Gasteiger partial charge < -0.3 is 14.2 Å². The molecule has 0 radical (unpaired) electrons. The molecule has 2 aromatic heterocycles. The number of hydrogen-bond donors (Lipinski definition) is 0. The Morgan fingerprint density at radius 3 is 2.56 bits per heavy atom. The molecule has 0 saturated heterocycles. The highest BCUT2D eigenvalue weighted by molar-refractivity contribution is 6.09. The fourth-order valence-electron chi connectivity index (χ4n) is 3.88. The Morgan fingerprint density at radius 1 is 1.11 bits per heavy atom. The van der Waals surface area contributed by atoms with Crippen molar-refractivity contribution in [3.8, 4) is 6.07 Å². The number of nitriles is 1. The lowest BCUT2D eigenvalue weighted by atomic mass is 10.1. The Bertz CT molecular complexity index is 1420. The van der Waals surface area contributed by atoms with Crippen LogP contribution in [0.25, 0.3) is 11.0 Å². The summed E-state index contributed by atoms with van der Waals surface area (Å²) < 4.78 is 7.04. The molecule has 4 rings (SSSR count). The molecule has 182 valence electrons. The molecule has 0 atom stereocenters. The molecule has 0 fully saturated rings. The van der Waals surface area contributed by atoms with Crippen molar-refractivity contribution in [2.24, 2.45) is 7.05 Å². The van der Waals surface area contributed by atoms with Gasteiger partial charge in [0.05, 0.1) is 35.8 Å². The van der Waals surface area contributed by atoms with Crippen molar-refractivity contribution >= 4 is 34.4 Å². The molecule has 0 saturated carbocycles. The molecule has 0 aliphatic rings. The van der Waals surface area contributed by atoms with Crippen LogP contribution in [0.5, 0.6) is 0 Å². The first-order valence-electron chi connectivity index (χ1n) is 11.5. The largest absolute Gasteiger partial charge is 0.465 e. The Hall–Kier alpha value is -4.71. The van der Waals surface area contributed by atoms with E-state index in [9.17, 15) is 9.59 Å². The molecular weight excluding hydrogens is 456 g/mol. The van der Waals surface area contributed by atoms with Crippen molar-refractivity contribution in [2.45, 2.75) is 13.5 Å². The van der Waals surface area contributed by atoms with E-state index in [0.29, 0.717) is 29.0 Å². The van der Waals surface area contributed by atoms with E-state index in [1.165, 1.54) is 4.90 Å². The van der Waals surface area contributed by atoms with Gasteiger partial charge in [0.2, 0.25) is 0 Å². The SMILES string of the molecule is CCOC(=O)CN(C(=O)c1ccc2c(c1)nc(CN(C)c1ccc(C#N)cc1)n2C)c1ccccn1. The minimum Gasteiger partial charge on any atom is -0.465 e. The predicted octanol–water partition coefficient (Wildman–Crippen LogP) is 3.69. The number of ether oxygens (including phenoxy) is 1. The maximum atomic E-state index is 13.4. The lowest BCUT2D eigenvalue weighted by Crippen LogP contribution is -2.37. The maximum Gasteiger partial charge on any atom is 0.326 e. The summed E-state index contributed by atoms with van der Waals surface area (Å²) in [7, 11) is 3.88. The van der Waals surface area contributed by atoms with Gasteiger partial charge in [0, 0.05) is 31.5 Å². The summed E-state index contributed by atoms with van der Waals surface area (Å²) >= 11 is 0. The number of aryl methyl sites for hydroxylation is 1. The second-order valence-corrected chi connectivity index (χ2v) is 8.19. The van der Waals surface area contributed by atoms with Gasteiger partial charge in [-0.1, -0.05) is 6.07 Å². The van der Waals surface area contributed by atoms with Gasteiger partial charge in [-0.25, -0.2) is 9.97 Å². The number of fused-ring (bicyclic) bond motifs is 1. The van der Waals surface area contributed by atoms with Crippen molar-refractivity contribution < 1.29 is 14.3 Å². The summed E-state index contributed by atoms with van der Waals surface area (Å²) in [5.41, 5.74) is 3.51. The maximum absolute atomic E-state index is 13.4. The minimum absolute atomic E-state index is 0.225. The number of aromatic nitrogens is 3. The van der Waals surface area contributed by atoms with Crippen LogP contribution in [0.4, 0.5) is 11.5 Å². The van der Waals surface area contributed by atoms with E-state index in [4.69, 9.17) is 15.0 Å². The van der Waals surface area contributed by atoms with Crippen LogP contribution in [0.1, 0.15) is 28.7 Å². The van der Waals surface area contributed by atoms with Gasteiger partial charge in [-0.15, -0.1) is 0 Å². The molecule has 2 aromatic carbocycles. The fourth-order valence-corrected chi connectivity index (χ4v) is 3.88.